The molecule has 4 nitrogen and oxygen atoms in total. The Labute approximate surface area is 91.9 Å². The van der Waals surface area contributed by atoms with Gasteiger partial charge in [-0.1, -0.05) is 0 Å². The van der Waals surface area contributed by atoms with Crippen molar-refractivity contribution < 1.29 is 9.59 Å². The van der Waals surface area contributed by atoms with Crippen LogP contribution in [0.5, 0.6) is 0 Å². The second-order valence-corrected chi connectivity index (χ2v) is 4.99. The van der Waals surface area contributed by atoms with E-state index < -0.39 is 5.54 Å². The molecule has 80 valence electrons. The molecule has 0 radical (unpaired) electrons. The van der Waals surface area contributed by atoms with Gasteiger partial charge in [0.05, 0.1) is 18.5 Å². The molecule has 5 heteroatoms. The van der Waals surface area contributed by atoms with E-state index in [1.54, 1.807) is 11.1 Å². The van der Waals surface area contributed by atoms with Gasteiger partial charge in [-0.2, -0.15) is 0 Å². The minimum absolute atomic E-state index is 0.00960. The Bertz CT molecular complexity index is 398. The van der Waals surface area contributed by atoms with Crippen LogP contribution in [0.3, 0.4) is 0 Å². The van der Waals surface area contributed by atoms with Gasteiger partial charge in [0.2, 0.25) is 5.91 Å². The van der Waals surface area contributed by atoms with Gasteiger partial charge in [0, 0.05) is 11.6 Å². The maximum Gasteiger partial charge on any atom is 0.231 e. The van der Waals surface area contributed by atoms with Gasteiger partial charge in [-0.05, 0) is 13.8 Å². The van der Waals surface area contributed by atoms with Crippen LogP contribution in [0.15, 0.2) is 11.6 Å². The Kier molecular flexibility index (Phi) is 2.34. The summed E-state index contributed by atoms with van der Waals surface area (Å²) in [4.78, 5) is 28.6. The van der Waals surface area contributed by atoms with Crippen molar-refractivity contribution >= 4 is 23.0 Å². The third kappa shape index (κ3) is 1.67. The molecule has 15 heavy (non-hydrogen) atoms. The van der Waals surface area contributed by atoms with Crippen molar-refractivity contribution in [3.8, 4) is 0 Å². The molecule has 0 N–H and O–H groups in total. The summed E-state index contributed by atoms with van der Waals surface area (Å²) < 4.78 is 0. The lowest BCUT2D eigenvalue weighted by atomic mass is 10.0. The van der Waals surface area contributed by atoms with Gasteiger partial charge in [-0.25, -0.2) is 4.98 Å². The first-order valence-corrected chi connectivity index (χ1v) is 5.62. The fraction of sp³-hybridized carbons (Fsp3) is 0.500. The second-order valence-electron chi connectivity index (χ2n) is 4.09. The van der Waals surface area contributed by atoms with Crippen molar-refractivity contribution in [2.45, 2.75) is 25.8 Å². The molecule has 1 saturated heterocycles. The van der Waals surface area contributed by atoms with E-state index in [9.17, 15) is 9.59 Å². The predicted molar refractivity (Wildman–Crippen MR) is 56.5 cm³/mol. The summed E-state index contributed by atoms with van der Waals surface area (Å²) in [6, 6.07) is 0. The highest BCUT2D eigenvalue weighted by Crippen LogP contribution is 2.31. The molecular formula is C10H12N2O2S. The minimum atomic E-state index is -0.475. The first-order valence-electron chi connectivity index (χ1n) is 4.74. The lowest BCUT2D eigenvalue weighted by Crippen LogP contribution is -2.42. The molecule has 1 amide bonds. The van der Waals surface area contributed by atoms with Crippen LogP contribution in [0.25, 0.3) is 0 Å². The van der Waals surface area contributed by atoms with E-state index in [1.165, 1.54) is 11.3 Å². The third-order valence-electron chi connectivity index (χ3n) is 2.61. The van der Waals surface area contributed by atoms with Crippen molar-refractivity contribution in [2.75, 3.05) is 6.54 Å². The highest BCUT2D eigenvalue weighted by molar-refractivity contribution is 7.09. The van der Waals surface area contributed by atoms with E-state index in [1.807, 2.05) is 19.2 Å². The van der Waals surface area contributed by atoms with Gasteiger partial charge in [0.15, 0.2) is 5.78 Å². The lowest BCUT2D eigenvalue weighted by Gasteiger charge is -2.32. The third-order valence-corrected chi connectivity index (χ3v) is 3.70. The van der Waals surface area contributed by atoms with Crippen molar-refractivity contribution in [1.82, 2.24) is 9.88 Å². The predicted octanol–water partition coefficient (Wildman–Crippen LogP) is 1.18. The van der Waals surface area contributed by atoms with Gasteiger partial charge in [0.25, 0.3) is 0 Å². The number of hydrogen-bond donors (Lipinski definition) is 0. The number of amides is 1. The average molecular weight is 224 g/mol. The van der Waals surface area contributed by atoms with Gasteiger partial charge >= 0.3 is 0 Å². The molecule has 2 rings (SSSR count). The molecule has 1 aromatic rings. The number of carbonyl (C=O) groups is 2. The summed E-state index contributed by atoms with van der Waals surface area (Å²) in [6.45, 7) is 4.05. The van der Waals surface area contributed by atoms with Crippen LogP contribution < -0.4 is 0 Å². The first kappa shape index (κ1) is 10.3. The maximum absolute atomic E-state index is 11.6. The number of aromatic nitrogens is 1. The normalized spacial score (nSPS) is 17.6. The smallest absolute Gasteiger partial charge is 0.231 e. The van der Waals surface area contributed by atoms with Crippen molar-refractivity contribution in [1.29, 1.82) is 0 Å². The molecule has 0 aliphatic carbocycles. The molecule has 0 aromatic carbocycles. The lowest BCUT2D eigenvalue weighted by molar-refractivity contribution is -0.132. The van der Waals surface area contributed by atoms with E-state index in [-0.39, 0.29) is 24.7 Å². The van der Waals surface area contributed by atoms with Crippen LogP contribution in [0.2, 0.25) is 0 Å². The molecule has 1 aromatic heterocycles. The Morgan fingerprint density at radius 2 is 2.20 bits per heavy atom. The summed E-state index contributed by atoms with van der Waals surface area (Å²) in [6.07, 6.45) is 1.75. The summed E-state index contributed by atoms with van der Waals surface area (Å²) in [5.74, 6) is -0.107. The zero-order valence-electron chi connectivity index (χ0n) is 8.69. The monoisotopic (exact) mass is 224 g/mol. The van der Waals surface area contributed by atoms with Crippen molar-refractivity contribution in [2.24, 2.45) is 0 Å². The molecule has 0 unspecified atom stereocenters. The average Bonchev–Trinajstić information content (AvgIpc) is 2.74. The molecule has 0 atom stereocenters. The van der Waals surface area contributed by atoms with Crippen LogP contribution in [0.4, 0.5) is 0 Å². The van der Waals surface area contributed by atoms with E-state index in [0.29, 0.717) is 0 Å². The minimum Gasteiger partial charge on any atom is -0.323 e. The van der Waals surface area contributed by atoms with Gasteiger partial charge in [-0.3, -0.25) is 9.59 Å². The Morgan fingerprint density at radius 1 is 1.47 bits per heavy atom. The zero-order valence-corrected chi connectivity index (χ0v) is 9.50. The molecule has 1 aliphatic heterocycles. The molecule has 1 fully saturated rings. The molecule has 2 heterocycles. The summed E-state index contributed by atoms with van der Waals surface area (Å²) in [5, 5.41) is 2.74. The van der Waals surface area contributed by atoms with E-state index in [2.05, 4.69) is 4.98 Å². The first-order chi connectivity index (χ1) is 7.01. The topological polar surface area (TPSA) is 50.3 Å². The fourth-order valence-electron chi connectivity index (χ4n) is 1.73. The zero-order chi connectivity index (χ0) is 11.1. The highest BCUT2D eigenvalue weighted by Gasteiger charge is 2.40. The number of likely N-dealkylation sites (tertiary alicyclic amines) is 1. The number of carbonyl (C=O) groups excluding carboxylic acids is 2. The molecule has 0 spiro atoms. The van der Waals surface area contributed by atoms with Crippen LogP contribution in [-0.2, 0) is 15.1 Å². The number of thiazole rings is 1. The van der Waals surface area contributed by atoms with Gasteiger partial charge < -0.3 is 4.90 Å². The number of rotatable bonds is 2. The van der Waals surface area contributed by atoms with Gasteiger partial charge in [0.1, 0.15) is 5.01 Å². The number of ketones is 1. The number of Topliss-reactive ketones (excluding diaryl/α,β-unsaturated/α-hetero) is 1. The summed E-state index contributed by atoms with van der Waals surface area (Å²) >= 11 is 1.50. The fourth-order valence-corrected chi connectivity index (χ4v) is 2.51. The van der Waals surface area contributed by atoms with E-state index in [0.717, 1.165) is 5.01 Å². The largest absolute Gasteiger partial charge is 0.323 e. The van der Waals surface area contributed by atoms with Gasteiger partial charge in [-0.15, -0.1) is 11.3 Å². The second kappa shape index (κ2) is 3.41. The standard InChI is InChI=1S/C10H12N2O2S/c1-10(2,9-11-3-4-15-9)12-6-7(13)5-8(12)14/h3-4H,5-6H2,1-2H3. The van der Waals surface area contributed by atoms with Crippen LogP contribution in [-0.4, -0.2) is 28.1 Å². The Morgan fingerprint density at radius 3 is 2.67 bits per heavy atom. The Hall–Kier alpha value is -1.23. The highest BCUT2D eigenvalue weighted by atomic mass is 32.1. The van der Waals surface area contributed by atoms with Crippen LogP contribution >= 0.6 is 11.3 Å². The maximum atomic E-state index is 11.6. The van der Waals surface area contributed by atoms with Crippen LogP contribution in [0, 0.1) is 0 Å². The number of hydrogen-bond acceptors (Lipinski definition) is 4. The van der Waals surface area contributed by atoms with E-state index >= 15 is 0 Å². The van der Waals surface area contributed by atoms with E-state index in [4.69, 9.17) is 0 Å². The molecular weight excluding hydrogens is 212 g/mol. The quantitative estimate of drug-likeness (QED) is 0.709. The summed E-state index contributed by atoms with van der Waals surface area (Å²) in [5.41, 5.74) is -0.475. The molecule has 1 aliphatic rings. The Balaban J connectivity index is 2.30. The SMILES string of the molecule is CC(C)(c1nccs1)N1CC(=O)CC1=O. The molecule has 0 saturated carbocycles. The van der Waals surface area contributed by atoms with Crippen molar-refractivity contribution in [3.63, 3.8) is 0 Å². The molecule has 0 bridgehead atoms. The van der Waals surface area contributed by atoms with Crippen LogP contribution in [0.1, 0.15) is 25.3 Å². The summed E-state index contributed by atoms with van der Waals surface area (Å²) in [7, 11) is 0. The van der Waals surface area contributed by atoms with Crippen molar-refractivity contribution in [3.05, 3.63) is 16.6 Å². The number of nitrogens with zero attached hydrogens (tertiary/aromatic N) is 2.